The van der Waals surface area contributed by atoms with Gasteiger partial charge < -0.3 is 11.1 Å². The van der Waals surface area contributed by atoms with Crippen LogP contribution >= 0.6 is 23.1 Å². The lowest BCUT2D eigenvalue weighted by Gasteiger charge is -2.12. The number of hydrogen-bond donors (Lipinski definition) is 2. The summed E-state index contributed by atoms with van der Waals surface area (Å²) in [6.07, 6.45) is 0.727. The lowest BCUT2D eigenvalue weighted by molar-refractivity contribution is -0.120. The average Bonchev–Trinajstić information content (AvgIpc) is 2.88. The molecule has 1 unspecified atom stereocenters. The second-order valence-electron chi connectivity index (χ2n) is 4.12. The van der Waals surface area contributed by atoms with Crippen molar-refractivity contribution in [3.8, 4) is 0 Å². The maximum Gasteiger partial charge on any atom is 0.233 e. The summed E-state index contributed by atoms with van der Waals surface area (Å²) in [6, 6.07) is 9.84. The van der Waals surface area contributed by atoms with Crippen LogP contribution in [-0.4, -0.2) is 21.4 Å². The number of hydrogen-bond acceptors (Lipinski definition) is 6. The standard InChI is InChI=1S/C13H16N4OS2/c1-2-10(19-13-17-16-12(14)20-13)11(18)15-8-9-6-4-3-5-7-9/h3-7,10H,2,8H2,1H3,(H2,14,16)(H,15,18). The van der Waals surface area contributed by atoms with Gasteiger partial charge in [0.1, 0.15) is 0 Å². The number of nitrogens with zero attached hydrogens (tertiary/aromatic N) is 2. The topological polar surface area (TPSA) is 80.9 Å². The number of nitrogens with two attached hydrogens (primary N) is 1. The molecule has 0 saturated heterocycles. The number of carbonyl (C=O) groups excluding carboxylic acids is 1. The minimum Gasteiger partial charge on any atom is -0.374 e. The first-order chi connectivity index (χ1) is 9.69. The fourth-order valence-corrected chi connectivity index (χ4v) is 3.44. The number of nitrogen functional groups attached to an aromatic ring is 1. The maximum absolute atomic E-state index is 12.2. The summed E-state index contributed by atoms with van der Waals surface area (Å²) in [5.41, 5.74) is 6.62. The fourth-order valence-electron chi connectivity index (χ4n) is 1.61. The predicted molar refractivity (Wildman–Crippen MR) is 82.5 cm³/mol. The number of thioether (sulfide) groups is 1. The van der Waals surface area contributed by atoms with Crippen LogP contribution in [0.4, 0.5) is 5.13 Å². The molecule has 0 aliphatic carbocycles. The molecular formula is C13H16N4OS2. The number of rotatable bonds is 6. The van der Waals surface area contributed by atoms with E-state index in [0.717, 1.165) is 16.3 Å². The SMILES string of the molecule is CCC(Sc1nnc(N)s1)C(=O)NCc1ccccc1. The molecule has 1 aromatic heterocycles. The van der Waals surface area contributed by atoms with Gasteiger partial charge in [-0.25, -0.2) is 0 Å². The largest absolute Gasteiger partial charge is 0.374 e. The Bertz CT molecular complexity index is 559. The zero-order valence-corrected chi connectivity index (χ0v) is 12.7. The molecule has 1 heterocycles. The molecule has 5 nitrogen and oxygen atoms in total. The Kier molecular flexibility index (Phi) is 5.37. The van der Waals surface area contributed by atoms with E-state index in [9.17, 15) is 4.79 Å². The Hall–Kier alpha value is -1.60. The molecule has 20 heavy (non-hydrogen) atoms. The van der Waals surface area contributed by atoms with Crippen LogP contribution in [-0.2, 0) is 11.3 Å². The predicted octanol–water partition coefficient (Wildman–Crippen LogP) is 2.31. The van der Waals surface area contributed by atoms with Gasteiger partial charge in [0, 0.05) is 6.54 Å². The van der Waals surface area contributed by atoms with Gasteiger partial charge in [-0.05, 0) is 12.0 Å². The fraction of sp³-hybridized carbons (Fsp3) is 0.308. The van der Waals surface area contributed by atoms with E-state index < -0.39 is 0 Å². The van der Waals surface area contributed by atoms with Crippen molar-refractivity contribution < 1.29 is 4.79 Å². The second kappa shape index (κ2) is 7.25. The minimum atomic E-state index is -0.175. The number of amides is 1. The van der Waals surface area contributed by atoms with E-state index in [1.54, 1.807) is 0 Å². The Balaban J connectivity index is 1.89. The third-order valence-corrected chi connectivity index (χ3v) is 4.84. The molecular weight excluding hydrogens is 292 g/mol. The van der Waals surface area contributed by atoms with Crippen molar-refractivity contribution in [3.05, 3.63) is 35.9 Å². The molecule has 1 amide bonds. The first kappa shape index (κ1) is 14.8. The molecule has 7 heteroatoms. The van der Waals surface area contributed by atoms with Crippen molar-refractivity contribution in [2.24, 2.45) is 0 Å². The zero-order valence-electron chi connectivity index (χ0n) is 11.1. The highest BCUT2D eigenvalue weighted by Gasteiger charge is 2.19. The van der Waals surface area contributed by atoms with Crippen molar-refractivity contribution in [3.63, 3.8) is 0 Å². The number of aromatic nitrogens is 2. The van der Waals surface area contributed by atoms with Gasteiger partial charge in [0.2, 0.25) is 11.0 Å². The van der Waals surface area contributed by atoms with Crippen LogP contribution in [0.15, 0.2) is 34.7 Å². The van der Waals surface area contributed by atoms with Gasteiger partial charge in [0.15, 0.2) is 4.34 Å². The Morgan fingerprint density at radius 3 is 2.75 bits per heavy atom. The summed E-state index contributed by atoms with van der Waals surface area (Å²) in [5.74, 6) is 0.00937. The van der Waals surface area contributed by atoms with Gasteiger partial charge in [-0.1, -0.05) is 60.4 Å². The van der Waals surface area contributed by atoms with E-state index in [0.29, 0.717) is 11.7 Å². The summed E-state index contributed by atoms with van der Waals surface area (Å²) in [7, 11) is 0. The highest BCUT2D eigenvalue weighted by molar-refractivity contribution is 8.02. The zero-order chi connectivity index (χ0) is 14.4. The molecule has 1 aromatic carbocycles. The monoisotopic (exact) mass is 308 g/mol. The highest BCUT2D eigenvalue weighted by atomic mass is 32.2. The van der Waals surface area contributed by atoms with Crippen molar-refractivity contribution in [1.82, 2.24) is 15.5 Å². The molecule has 0 bridgehead atoms. The summed E-state index contributed by atoms with van der Waals surface area (Å²) in [6.45, 7) is 2.51. The molecule has 0 spiro atoms. The number of anilines is 1. The first-order valence-electron chi connectivity index (χ1n) is 6.26. The Morgan fingerprint density at radius 2 is 2.15 bits per heavy atom. The van der Waals surface area contributed by atoms with E-state index in [1.165, 1.54) is 23.1 Å². The van der Waals surface area contributed by atoms with Crippen LogP contribution in [0.2, 0.25) is 0 Å². The molecule has 2 rings (SSSR count). The van der Waals surface area contributed by atoms with Crippen molar-refractivity contribution in [1.29, 1.82) is 0 Å². The number of nitrogens with one attached hydrogen (secondary N) is 1. The molecule has 2 aromatic rings. The van der Waals surface area contributed by atoms with E-state index in [-0.39, 0.29) is 11.2 Å². The molecule has 1 atom stereocenters. The van der Waals surface area contributed by atoms with Gasteiger partial charge >= 0.3 is 0 Å². The van der Waals surface area contributed by atoms with Crippen LogP contribution in [0.3, 0.4) is 0 Å². The first-order valence-corrected chi connectivity index (χ1v) is 7.96. The third-order valence-electron chi connectivity index (χ3n) is 2.64. The molecule has 0 aliphatic rings. The van der Waals surface area contributed by atoms with E-state index in [1.807, 2.05) is 37.3 Å². The van der Waals surface area contributed by atoms with E-state index in [2.05, 4.69) is 15.5 Å². The van der Waals surface area contributed by atoms with Gasteiger partial charge in [-0.3, -0.25) is 4.79 Å². The Morgan fingerprint density at radius 1 is 1.40 bits per heavy atom. The summed E-state index contributed by atoms with van der Waals surface area (Å²) < 4.78 is 0.726. The van der Waals surface area contributed by atoms with Crippen molar-refractivity contribution in [2.45, 2.75) is 29.5 Å². The maximum atomic E-state index is 12.2. The minimum absolute atomic E-state index is 0.00937. The number of carbonyl (C=O) groups is 1. The van der Waals surface area contributed by atoms with Crippen molar-refractivity contribution in [2.75, 3.05) is 5.73 Å². The average molecular weight is 308 g/mol. The van der Waals surface area contributed by atoms with Gasteiger partial charge in [0.25, 0.3) is 0 Å². The molecule has 0 saturated carbocycles. The molecule has 0 radical (unpaired) electrons. The normalized spacial score (nSPS) is 12.1. The summed E-state index contributed by atoms with van der Waals surface area (Å²) >= 11 is 2.71. The van der Waals surface area contributed by atoms with Crippen LogP contribution < -0.4 is 11.1 Å². The van der Waals surface area contributed by atoms with Crippen molar-refractivity contribution >= 4 is 34.1 Å². The highest BCUT2D eigenvalue weighted by Crippen LogP contribution is 2.29. The lowest BCUT2D eigenvalue weighted by Crippen LogP contribution is -2.31. The van der Waals surface area contributed by atoms with Crippen LogP contribution in [0.1, 0.15) is 18.9 Å². The quantitative estimate of drug-likeness (QED) is 0.800. The van der Waals surface area contributed by atoms with E-state index in [4.69, 9.17) is 5.73 Å². The molecule has 3 N–H and O–H groups in total. The third kappa shape index (κ3) is 4.21. The number of benzene rings is 1. The van der Waals surface area contributed by atoms with Gasteiger partial charge in [-0.15, -0.1) is 10.2 Å². The Labute approximate surface area is 126 Å². The van der Waals surface area contributed by atoms with Gasteiger partial charge in [-0.2, -0.15) is 0 Å². The van der Waals surface area contributed by atoms with E-state index >= 15 is 0 Å². The molecule has 0 aliphatic heterocycles. The lowest BCUT2D eigenvalue weighted by atomic mass is 10.2. The molecule has 0 fully saturated rings. The van der Waals surface area contributed by atoms with Gasteiger partial charge in [0.05, 0.1) is 5.25 Å². The smallest absolute Gasteiger partial charge is 0.233 e. The molecule has 106 valence electrons. The van der Waals surface area contributed by atoms with Crippen LogP contribution in [0, 0.1) is 0 Å². The second-order valence-corrected chi connectivity index (χ2v) is 6.58. The summed E-state index contributed by atoms with van der Waals surface area (Å²) in [5, 5.41) is 10.9. The van der Waals surface area contributed by atoms with Crippen LogP contribution in [0.25, 0.3) is 0 Å². The summed E-state index contributed by atoms with van der Waals surface area (Å²) in [4.78, 5) is 12.2. The van der Waals surface area contributed by atoms with Crippen LogP contribution in [0.5, 0.6) is 0 Å².